The number of carbonyl (C=O) groups excluding carboxylic acids is 1. The summed E-state index contributed by atoms with van der Waals surface area (Å²) in [6.07, 6.45) is 4.28. The molecule has 0 saturated carbocycles. The molecule has 1 aromatic heterocycles. The molecule has 2 rings (SSSR count). The number of halogens is 1. The van der Waals surface area contributed by atoms with Crippen molar-refractivity contribution in [1.29, 1.82) is 0 Å². The Morgan fingerprint density at radius 2 is 1.95 bits per heavy atom. The highest BCUT2D eigenvalue weighted by Gasteiger charge is 2.10. The number of nitrogens with zero attached hydrogens (tertiary/aromatic N) is 2. The molecular weight excluding hydrogens is 288 g/mol. The third-order valence-electron chi connectivity index (χ3n) is 3.10. The van der Waals surface area contributed by atoms with Gasteiger partial charge in [-0.1, -0.05) is 23.7 Å². The Labute approximate surface area is 129 Å². The quantitative estimate of drug-likeness (QED) is 0.824. The van der Waals surface area contributed by atoms with Gasteiger partial charge in [0.25, 0.3) is 5.91 Å². The normalized spacial score (nSPS) is 10.2. The summed E-state index contributed by atoms with van der Waals surface area (Å²) in [6, 6.07) is 11.0. The number of hydrogen-bond acceptors (Lipinski definition) is 3. The van der Waals surface area contributed by atoms with Gasteiger partial charge >= 0.3 is 0 Å². The van der Waals surface area contributed by atoms with E-state index in [1.807, 2.05) is 24.3 Å². The second-order valence-corrected chi connectivity index (χ2v) is 5.05. The molecule has 1 heterocycles. The van der Waals surface area contributed by atoms with Crippen molar-refractivity contribution >= 4 is 17.5 Å². The molecule has 4 nitrogen and oxygen atoms in total. The highest BCUT2D eigenvalue weighted by Crippen LogP contribution is 2.22. The van der Waals surface area contributed by atoms with Crippen molar-refractivity contribution in [2.24, 2.45) is 0 Å². The van der Waals surface area contributed by atoms with E-state index in [1.54, 1.807) is 36.5 Å². The van der Waals surface area contributed by atoms with E-state index in [1.165, 1.54) is 0 Å². The highest BCUT2D eigenvalue weighted by molar-refractivity contribution is 6.32. The topological polar surface area (TPSA) is 42.4 Å². The van der Waals surface area contributed by atoms with Crippen LogP contribution in [-0.4, -0.2) is 36.0 Å². The molecule has 0 radical (unpaired) electrons. The van der Waals surface area contributed by atoms with E-state index in [0.717, 1.165) is 12.0 Å². The summed E-state index contributed by atoms with van der Waals surface area (Å²) in [5.74, 6) is 0.444. The summed E-state index contributed by atoms with van der Waals surface area (Å²) < 4.78 is 5.44. The first kappa shape index (κ1) is 15.3. The molecule has 1 aromatic carbocycles. The molecule has 0 aliphatic heterocycles. The van der Waals surface area contributed by atoms with Gasteiger partial charge in [0.1, 0.15) is 5.75 Å². The molecule has 0 saturated heterocycles. The summed E-state index contributed by atoms with van der Waals surface area (Å²) in [4.78, 5) is 17.6. The molecule has 110 valence electrons. The van der Waals surface area contributed by atoms with Crippen LogP contribution in [-0.2, 0) is 11.2 Å². The van der Waals surface area contributed by atoms with Gasteiger partial charge in [0.15, 0.2) is 6.61 Å². The van der Waals surface area contributed by atoms with Crippen molar-refractivity contribution in [1.82, 2.24) is 9.88 Å². The minimum absolute atomic E-state index is 0.0173. The van der Waals surface area contributed by atoms with Gasteiger partial charge in [-0.2, -0.15) is 0 Å². The maximum absolute atomic E-state index is 12.0. The van der Waals surface area contributed by atoms with Crippen LogP contribution in [0.3, 0.4) is 0 Å². The van der Waals surface area contributed by atoms with Gasteiger partial charge in [-0.15, -0.1) is 0 Å². The molecule has 2 aromatic rings. The summed E-state index contributed by atoms with van der Waals surface area (Å²) in [5, 5.41) is 0.504. The van der Waals surface area contributed by atoms with Crippen molar-refractivity contribution in [2.75, 3.05) is 20.2 Å². The highest BCUT2D eigenvalue weighted by atomic mass is 35.5. The predicted octanol–water partition coefficient (Wildman–Crippen LogP) is 2.81. The number of benzene rings is 1. The Morgan fingerprint density at radius 1 is 1.24 bits per heavy atom. The number of rotatable bonds is 6. The second kappa shape index (κ2) is 7.64. The van der Waals surface area contributed by atoms with Crippen molar-refractivity contribution in [3.05, 3.63) is 59.4 Å². The first-order valence-electron chi connectivity index (χ1n) is 6.67. The van der Waals surface area contributed by atoms with E-state index < -0.39 is 0 Å². The van der Waals surface area contributed by atoms with Crippen LogP contribution in [0, 0.1) is 0 Å². The standard InChI is InChI=1S/C16H17ClN2O2/c1-19(11-8-13-6-9-18-10-7-13)16(20)12-21-15-5-3-2-4-14(15)17/h2-7,9-10H,8,11-12H2,1H3. The average Bonchev–Trinajstić information content (AvgIpc) is 2.52. The van der Waals surface area contributed by atoms with E-state index in [0.29, 0.717) is 17.3 Å². The summed E-state index contributed by atoms with van der Waals surface area (Å²) in [7, 11) is 1.76. The van der Waals surface area contributed by atoms with Crippen LogP contribution >= 0.6 is 11.6 Å². The summed E-state index contributed by atoms with van der Waals surface area (Å²) >= 11 is 5.97. The molecule has 0 atom stereocenters. The third-order valence-corrected chi connectivity index (χ3v) is 3.41. The maximum Gasteiger partial charge on any atom is 0.260 e. The molecular formula is C16H17ClN2O2. The Hall–Kier alpha value is -2.07. The number of carbonyl (C=O) groups is 1. The van der Waals surface area contributed by atoms with E-state index >= 15 is 0 Å². The Balaban J connectivity index is 1.79. The minimum atomic E-state index is -0.0797. The number of ether oxygens (including phenoxy) is 1. The number of para-hydroxylation sites is 1. The molecule has 0 spiro atoms. The Bertz CT molecular complexity index is 590. The minimum Gasteiger partial charge on any atom is -0.482 e. The lowest BCUT2D eigenvalue weighted by Gasteiger charge is -2.17. The number of pyridine rings is 1. The van der Waals surface area contributed by atoms with Crippen LogP contribution in [0.5, 0.6) is 5.75 Å². The number of likely N-dealkylation sites (N-methyl/N-ethyl adjacent to an activating group) is 1. The van der Waals surface area contributed by atoms with Gasteiger partial charge in [0, 0.05) is 26.0 Å². The zero-order valence-electron chi connectivity index (χ0n) is 11.8. The van der Waals surface area contributed by atoms with Gasteiger partial charge in [0.2, 0.25) is 0 Å². The molecule has 0 unspecified atom stereocenters. The molecule has 5 heteroatoms. The Morgan fingerprint density at radius 3 is 2.67 bits per heavy atom. The zero-order chi connectivity index (χ0) is 15.1. The van der Waals surface area contributed by atoms with Crippen LogP contribution < -0.4 is 4.74 Å². The van der Waals surface area contributed by atoms with Crippen LogP contribution in [0.25, 0.3) is 0 Å². The van der Waals surface area contributed by atoms with Gasteiger partial charge in [-0.05, 0) is 36.2 Å². The van der Waals surface area contributed by atoms with E-state index in [4.69, 9.17) is 16.3 Å². The fourth-order valence-electron chi connectivity index (χ4n) is 1.78. The molecule has 0 N–H and O–H groups in total. The van der Waals surface area contributed by atoms with E-state index in [2.05, 4.69) is 4.98 Å². The lowest BCUT2D eigenvalue weighted by molar-refractivity contribution is -0.132. The number of aromatic nitrogens is 1. The summed E-state index contributed by atoms with van der Waals surface area (Å²) in [6.45, 7) is 0.616. The SMILES string of the molecule is CN(CCc1ccncc1)C(=O)COc1ccccc1Cl. The van der Waals surface area contributed by atoms with Crippen molar-refractivity contribution in [2.45, 2.75) is 6.42 Å². The fraction of sp³-hybridized carbons (Fsp3) is 0.250. The average molecular weight is 305 g/mol. The maximum atomic E-state index is 12.0. The first-order chi connectivity index (χ1) is 10.2. The fourth-order valence-corrected chi connectivity index (χ4v) is 1.97. The Kier molecular flexibility index (Phi) is 5.58. The van der Waals surface area contributed by atoms with Crippen LogP contribution in [0.4, 0.5) is 0 Å². The lowest BCUT2D eigenvalue weighted by atomic mass is 10.2. The summed E-state index contributed by atoms with van der Waals surface area (Å²) in [5.41, 5.74) is 1.15. The van der Waals surface area contributed by atoms with Gasteiger partial charge < -0.3 is 9.64 Å². The van der Waals surface area contributed by atoms with Crippen molar-refractivity contribution in [3.8, 4) is 5.75 Å². The molecule has 0 fully saturated rings. The monoisotopic (exact) mass is 304 g/mol. The largest absolute Gasteiger partial charge is 0.482 e. The molecule has 0 aliphatic carbocycles. The van der Waals surface area contributed by atoms with Crippen molar-refractivity contribution < 1.29 is 9.53 Å². The number of amides is 1. The molecule has 1 amide bonds. The lowest BCUT2D eigenvalue weighted by Crippen LogP contribution is -2.33. The van der Waals surface area contributed by atoms with Crippen LogP contribution in [0.15, 0.2) is 48.8 Å². The zero-order valence-corrected chi connectivity index (χ0v) is 12.6. The smallest absolute Gasteiger partial charge is 0.260 e. The van der Waals surface area contributed by atoms with Crippen molar-refractivity contribution in [3.63, 3.8) is 0 Å². The van der Waals surface area contributed by atoms with E-state index in [9.17, 15) is 4.79 Å². The molecule has 0 aliphatic rings. The van der Waals surface area contributed by atoms with E-state index in [-0.39, 0.29) is 12.5 Å². The van der Waals surface area contributed by atoms with Gasteiger partial charge in [-0.3, -0.25) is 9.78 Å². The van der Waals surface area contributed by atoms with Crippen LogP contribution in [0.2, 0.25) is 5.02 Å². The number of hydrogen-bond donors (Lipinski definition) is 0. The molecule has 21 heavy (non-hydrogen) atoms. The first-order valence-corrected chi connectivity index (χ1v) is 7.05. The van der Waals surface area contributed by atoms with Gasteiger partial charge in [-0.25, -0.2) is 0 Å². The van der Waals surface area contributed by atoms with Gasteiger partial charge in [0.05, 0.1) is 5.02 Å². The third kappa shape index (κ3) is 4.76. The second-order valence-electron chi connectivity index (χ2n) is 4.64. The molecule has 0 bridgehead atoms. The van der Waals surface area contributed by atoms with Crippen LogP contribution in [0.1, 0.15) is 5.56 Å². The predicted molar refractivity (Wildman–Crippen MR) is 82.5 cm³/mol.